The van der Waals surface area contributed by atoms with Crippen LogP contribution in [0.25, 0.3) is 0 Å². The van der Waals surface area contributed by atoms with Crippen LogP contribution < -0.4 is 10.6 Å². The maximum absolute atomic E-state index is 5.28. The summed E-state index contributed by atoms with van der Waals surface area (Å²) in [7, 11) is 1.81. The highest BCUT2D eigenvalue weighted by molar-refractivity contribution is 5.79. The summed E-state index contributed by atoms with van der Waals surface area (Å²) < 4.78 is 5.28. The van der Waals surface area contributed by atoms with Crippen molar-refractivity contribution in [3.05, 3.63) is 11.6 Å². The number of hydrogen-bond donors (Lipinski definition) is 2. The quantitative estimate of drug-likeness (QED) is 0.321. The van der Waals surface area contributed by atoms with E-state index >= 15 is 0 Å². The highest BCUT2D eigenvalue weighted by Gasteiger charge is 2.03. The van der Waals surface area contributed by atoms with Crippen LogP contribution in [0.1, 0.15) is 32.6 Å². The van der Waals surface area contributed by atoms with Gasteiger partial charge in [-0.25, -0.2) is 0 Å². The van der Waals surface area contributed by atoms with E-state index < -0.39 is 0 Å². The van der Waals surface area contributed by atoms with E-state index in [9.17, 15) is 0 Å². The minimum absolute atomic E-state index is 0.777. The third-order valence-electron chi connectivity index (χ3n) is 2.84. The topological polar surface area (TPSA) is 45.7 Å². The smallest absolute Gasteiger partial charge is 0.190 e. The van der Waals surface area contributed by atoms with Gasteiger partial charge in [-0.3, -0.25) is 4.99 Å². The van der Waals surface area contributed by atoms with Crippen LogP contribution >= 0.6 is 0 Å². The number of nitrogens with zero attached hydrogens (tertiary/aromatic N) is 1. The zero-order valence-corrected chi connectivity index (χ0v) is 11.1. The number of rotatable bonds is 6. The third kappa shape index (κ3) is 6.31. The first-order chi connectivity index (χ1) is 8.36. The van der Waals surface area contributed by atoms with Crippen molar-refractivity contribution in [1.82, 2.24) is 10.6 Å². The van der Waals surface area contributed by atoms with Crippen LogP contribution in [0, 0.1) is 0 Å². The fraction of sp³-hybridized carbons (Fsp3) is 0.769. The minimum atomic E-state index is 0.777. The van der Waals surface area contributed by atoms with Gasteiger partial charge in [-0.15, -0.1) is 0 Å². The molecule has 0 aromatic heterocycles. The Morgan fingerprint density at radius 2 is 2.24 bits per heavy atom. The predicted molar refractivity (Wildman–Crippen MR) is 72.4 cm³/mol. The largest absolute Gasteiger partial charge is 0.377 e. The molecule has 0 aromatic rings. The molecule has 0 atom stereocenters. The highest BCUT2D eigenvalue weighted by atomic mass is 16.5. The first-order valence-electron chi connectivity index (χ1n) is 6.57. The van der Waals surface area contributed by atoms with E-state index in [0.717, 1.165) is 45.1 Å². The second kappa shape index (κ2) is 9.05. The maximum atomic E-state index is 5.28. The Hall–Kier alpha value is -1.03. The van der Waals surface area contributed by atoms with Gasteiger partial charge in [0.2, 0.25) is 0 Å². The van der Waals surface area contributed by atoms with Gasteiger partial charge in [0, 0.05) is 20.1 Å². The van der Waals surface area contributed by atoms with Crippen LogP contribution in [-0.4, -0.2) is 39.3 Å². The van der Waals surface area contributed by atoms with Crippen molar-refractivity contribution < 1.29 is 4.74 Å². The van der Waals surface area contributed by atoms with E-state index in [1.54, 1.807) is 0 Å². The standard InChI is InChI=1S/C13H25N3O/c1-3-4-8-15-13(14-2)16-9-5-12-6-10-17-11-7-12/h6H,3-5,7-11H2,1-2H3,(H2,14,15,16). The Balaban J connectivity index is 2.12. The molecule has 0 aromatic carbocycles. The zero-order valence-electron chi connectivity index (χ0n) is 11.1. The van der Waals surface area contributed by atoms with Crippen LogP contribution in [0.5, 0.6) is 0 Å². The fourth-order valence-electron chi connectivity index (χ4n) is 1.74. The molecule has 0 saturated heterocycles. The SMILES string of the molecule is CCCCNC(=NC)NCCC1=CCOCC1. The second-order valence-electron chi connectivity index (χ2n) is 4.22. The van der Waals surface area contributed by atoms with E-state index in [2.05, 4.69) is 28.6 Å². The van der Waals surface area contributed by atoms with Gasteiger partial charge in [0.1, 0.15) is 0 Å². The molecular weight excluding hydrogens is 214 g/mol. The summed E-state index contributed by atoms with van der Waals surface area (Å²) >= 11 is 0. The maximum Gasteiger partial charge on any atom is 0.190 e. The summed E-state index contributed by atoms with van der Waals surface area (Å²) in [6.07, 6.45) is 6.74. The van der Waals surface area contributed by atoms with Gasteiger partial charge < -0.3 is 15.4 Å². The lowest BCUT2D eigenvalue weighted by Gasteiger charge is -2.15. The summed E-state index contributed by atoms with van der Waals surface area (Å²) in [5.41, 5.74) is 1.49. The summed E-state index contributed by atoms with van der Waals surface area (Å²) in [5, 5.41) is 6.64. The lowest BCUT2D eigenvalue weighted by molar-refractivity contribution is 0.153. The molecule has 1 aliphatic heterocycles. The van der Waals surface area contributed by atoms with Gasteiger partial charge >= 0.3 is 0 Å². The number of aliphatic imine (C=N–C) groups is 1. The van der Waals surface area contributed by atoms with Gasteiger partial charge in [-0.1, -0.05) is 25.0 Å². The average molecular weight is 239 g/mol. The van der Waals surface area contributed by atoms with Gasteiger partial charge in [-0.05, 0) is 19.3 Å². The van der Waals surface area contributed by atoms with Crippen LogP contribution in [0.2, 0.25) is 0 Å². The fourth-order valence-corrected chi connectivity index (χ4v) is 1.74. The lowest BCUT2D eigenvalue weighted by atomic mass is 10.1. The van der Waals surface area contributed by atoms with Crippen molar-refractivity contribution in [1.29, 1.82) is 0 Å². The molecule has 98 valence electrons. The van der Waals surface area contributed by atoms with E-state index in [-0.39, 0.29) is 0 Å². The molecule has 17 heavy (non-hydrogen) atoms. The van der Waals surface area contributed by atoms with E-state index in [1.807, 2.05) is 7.05 Å². The Kier molecular flexibility index (Phi) is 7.47. The molecule has 1 rings (SSSR count). The monoisotopic (exact) mass is 239 g/mol. The normalized spacial score (nSPS) is 16.6. The van der Waals surface area contributed by atoms with Crippen molar-refractivity contribution in [3.63, 3.8) is 0 Å². The lowest BCUT2D eigenvalue weighted by Crippen LogP contribution is -2.38. The molecule has 0 amide bonds. The summed E-state index contributed by atoms with van der Waals surface area (Å²) in [6.45, 7) is 5.77. The molecule has 4 nitrogen and oxygen atoms in total. The average Bonchev–Trinajstić information content (AvgIpc) is 2.38. The van der Waals surface area contributed by atoms with Gasteiger partial charge in [0.25, 0.3) is 0 Å². The van der Waals surface area contributed by atoms with Crippen molar-refractivity contribution in [2.45, 2.75) is 32.6 Å². The van der Waals surface area contributed by atoms with Crippen molar-refractivity contribution in [2.75, 3.05) is 33.4 Å². The summed E-state index contributed by atoms with van der Waals surface area (Å²) in [6, 6.07) is 0. The minimum Gasteiger partial charge on any atom is -0.377 e. The van der Waals surface area contributed by atoms with E-state index in [1.165, 1.54) is 18.4 Å². The summed E-state index contributed by atoms with van der Waals surface area (Å²) in [4.78, 5) is 4.19. The number of ether oxygens (including phenoxy) is 1. The van der Waals surface area contributed by atoms with Crippen LogP contribution in [0.15, 0.2) is 16.6 Å². The molecule has 0 aliphatic carbocycles. The highest BCUT2D eigenvalue weighted by Crippen LogP contribution is 2.10. The van der Waals surface area contributed by atoms with Gasteiger partial charge in [-0.2, -0.15) is 0 Å². The molecule has 2 N–H and O–H groups in total. The first-order valence-corrected chi connectivity index (χ1v) is 6.57. The van der Waals surface area contributed by atoms with Gasteiger partial charge in [0.05, 0.1) is 13.2 Å². The second-order valence-corrected chi connectivity index (χ2v) is 4.22. The van der Waals surface area contributed by atoms with Crippen molar-refractivity contribution >= 4 is 5.96 Å². The summed E-state index contributed by atoms with van der Waals surface area (Å²) in [5.74, 6) is 0.908. The first kappa shape index (κ1) is 14.0. The van der Waals surface area contributed by atoms with E-state index in [4.69, 9.17) is 4.74 Å². The molecule has 4 heteroatoms. The van der Waals surface area contributed by atoms with Crippen LogP contribution in [0.3, 0.4) is 0 Å². The van der Waals surface area contributed by atoms with Crippen molar-refractivity contribution in [3.8, 4) is 0 Å². The molecule has 0 saturated carbocycles. The number of nitrogens with one attached hydrogen (secondary N) is 2. The van der Waals surface area contributed by atoms with Crippen LogP contribution in [-0.2, 0) is 4.74 Å². The Bertz CT molecular complexity index is 261. The van der Waals surface area contributed by atoms with Crippen molar-refractivity contribution in [2.24, 2.45) is 4.99 Å². The molecule has 0 bridgehead atoms. The Labute approximate surface area is 105 Å². The Morgan fingerprint density at radius 3 is 2.88 bits per heavy atom. The molecule has 1 aliphatic rings. The zero-order chi connectivity index (χ0) is 12.3. The predicted octanol–water partition coefficient (Wildman–Crippen LogP) is 1.69. The van der Waals surface area contributed by atoms with Gasteiger partial charge in [0.15, 0.2) is 5.96 Å². The number of guanidine groups is 1. The third-order valence-corrected chi connectivity index (χ3v) is 2.84. The van der Waals surface area contributed by atoms with E-state index in [0.29, 0.717) is 0 Å². The Morgan fingerprint density at radius 1 is 1.41 bits per heavy atom. The molecule has 0 spiro atoms. The molecule has 0 fully saturated rings. The molecule has 0 radical (unpaired) electrons. The number of hydrogen-bond acceptors (Lipinski definition) is 2. The molecular formula is C13H25N3O. The molecule has 0 unspecified atom stereocenters. The van der Waals surface area contributed by atoms with Crippen LogP contribution in [0.4, 0.5) is 0 Å². The molecule has 1 heterocycles. The number of unbranched alkanes of at least 4 members (excludes halogenated alkanes) is 1.